The van der Waals surface area contributed by atoms with Gasteiger partial charge in [-0.05, 0) is 38.0 Å². The van der Waals surface area contributed by atoms with Crippen molar-refractivity contribution in [2.24, 2.45) is 0 Å². The largest absolute Gasteiger partial charge is 0.495 e. The van der Waals surface area contributed by atoms with Gasteiger partial charge in [0.05, 0.1) is 19.4 Å². The summed E-state index contributed by atoms with van der Waals surface area (Å²) in [5, 5.41) is 2.67. The fourth-order valence-electron chi connectivity index (χ4n) is 1.52. The summed E-state index contributed by atoms with van der Waals surface area (Å²) < 4.78 is 10.0. The number of nitrogens with one attached hydrogen (secondary N) is 1. The van der Waals surface area contributed by atoms with E-state index in [9.17, 15) is 4.79 Å². The maximum Gasteiger partial charge on any atom is 0.411 e. The Balaban J connectivity index is 2.98. The van der Waals surface area contributed by atoms with Gasteiger partial charge >= 0.3 is 6.09 Å². The van der Waals surface area contributed by atoms with Crippen molar-refractivity contribution in [3.63, 3.8) is 0 Å². The first-order valence-corrected chi connectivity index (χ1v) is 5.17. The molecule has 0 aliphatic heterocycles. The van der Waals surface area contributed by atoms with Crippen LogP contribution in [-0.4, -0.2) is 19.8 Å². The third-order valence-corrected chi connectivity index (χ3v) is 2.17. The fraction of sp³-hybridized carbons (Fsp3) is 0.417. The fourth-order valence-corrected chi connectivity index (χ4v) is 1.52. The predicted octanol–water partition coefficient (Wildman–Crippen LogP) is 2.88. The molecule has 0 heterocycles. The molecule has 0 bridgehead atoms. The maximum absolute atomic E-state index is 11.3. The molecule has 1 aromatic carbocycles. The number of anilines is 1. The van der Waals surface area contributed by atoms with Crippen LogP contribution in [-0.2, 0) is 4.74 Å². The number of aryl methyl sites for hydroxylation is 2. The summed E-state index contributed by atoms with van der Waals surface area (Å²) in [4.78, 5) is 11.3. The van der Waals surface area contributed by atoms with Gasteiger partial charge < -0.3 is 9.47 Å². The number of carbonyl (C=O) groups is 1. The molecular formula is C12H17NO3. The highest BCUT2D eigenvalue weighted by Crippen LogP contribution is 2.29. The first kappa shape index (κ1) is 12.4. The highest BCUT2D eigenvalue weighted by atomic mass is 16.5. The van der Waals surface area contributed by atoms with E-state index in [0.29, 0.717) is 18.0 Å². The minimum Gasteiger partial charge on any atom is -0.495 e. The summed E-state index contributed by atoms with van der Waals surface area (Å²) in [6.45, 7) is 6.00. The topological polar surface area (TPSA) is 47.6 Å². The van der Waals surface area contributed by atoms with Crippen LogP contribution < -0.4 is 10.1 Å². The number of carbonyl (C=O) groups excluding carboxylic acids is 1. The lowest BCUT2D eigenvalue weighted by Crippen LogP contribution is -2.15. The Morgan fingerprint density at radius 1 is 1.38 bits per heavy atom. The number of benzene rings is 1. The lowest BCUT2D eigenvalue weighted by molar-refractivity contribution is 0.168. The summed E-state index contributed by atoms with van der Waals surface area (Å²) in [6.07, 6.45) is -0.465. The van der Waals surface area contributed by atoms with E-state index >= 15 is 0 Å². The smallest absolute Gasteiger partial charge is 0.411 e. The van der Waals surface area contributed by atoms with Crippen molar-refractivity contribution in [2.75, 3.05) is 19.0 Å². The lowest BCUT2D eigenvalue weighted by atomic mass is 10.1. The zero-order valence-corrected chi connectivity index (χ0v) is 10.1. The molecule has 0 radical (unpaired) electrons. The number of hydrogen-bond acceptors (Lipinski definition) is 3. The molecule has 0 saturated carbocycles. The minimum absolute atomic E-state index is 0.346. The van der Waals surface area contributed by atoms with Gasteiger partial charge in [0, 0.05) is 0 Å². The Morgan fingerprint density at radius 2 is 2.06 bits per heavy atom. The number of methoxy groups -OCH3 is 1. The third-order valence-electron chi connectivity index (χ3n) is 2.17. The quantitative estimate of drug-likeness (QED) is 0.857. The molecule has 0 saturated heterocycles. The number of rotatable bonds is 3. The first-order valence-electron chi connectivity index (χ1n) is 5.17. The summed E-state index contributed by atoms with van der Waals surface area (Å²) in [5.74, 6) is 0.644. The molecule has 0 atom stereocenters. The molecule has 1 rings (SSSR count). The standard InChI is InChI=1S/C12H17NO3/c1-5-16-12(14)13-11-9(3)6-8(2)7-10(11)15-4/h6-7H,5H2,1-4H3,(H,13,14). The van der Waals surface area contributed by atoms with E-state index in [4.69, 9.17) is 9.47 Å². The van der Waals surface area contributed by atoms with Gasteiger partial charge in [-0.25, -0.2) is 4.79 Å². The van der Waals surface area contributed by atoms with E-state index in [2.05, 4.69) is 5.32 Å². The van der Waals surface area contributed by atoms with Crippen LogP contribution in [0.15, 0.2) is 12.1 Å². The van der Waals surface area contributed by atoms with Gasteiger partial charge in [0.25, 0.3) is 0 Å². The second-order valence-electron chi connectivity index (χ2n) is 3.50. The molecule has 4 heteroatoms. The van der Waals surface area contributed by atoms with Crippen LogP contribution in [0.25, 0.3) is 0 Å². The molecule has 16 heavy (non-hydrogen) atoms. The van der Waals surface area contributed by atoms with Gasteiger partial charge in [-0.1, -0.05) is 6.07 Å². The Hall–Kier alpha value is -1.71. The van der Waals surface area contributed by atoms with Crippen LogP contribution in [0.3, 0.4) is 0 Å². The first-order chi connectivity index (χ1) is 7.58. The van der Waals surface area contributed by atoms with Gasteiger partial charge in [-0.3, -0.25) is 5.32 Å². The highest BCUT2D eigenvalue weighted by Gasteiger charge is 2.11. The lowest BCUT2D eigenvalue weighted by Gasteiger charge is -2.13. The second kappa shape index (κ2) is 5.39. The second-order valence-corrected chi connectivity index (χ2v) is 3.50. The zero-order chi connectivity index (χ0) is 12.1. The van der Waals surface area contributed by atoms with Gasteiger partial charge in [-0.2, -0.15) is 0 Å². The minimum atomic E-state index is -0.465. The SMILES string of the molecule is CCOC(=O)Nc1c(C)cc(C)cc1OC. The van der Waals surface area contributed by atoms with Gasteiger partial charge in [0.1, 0.15) is 5.75 Å². The molecular weight excluding hydrogens is 206 g/mol. The van der Waals surface area contributed by atoms with E-state index in [-0.39, 0.29) is 0 Å². The Morgan fingerprint density at radius 3 is 2.62 bits per heavy atom. The number of amides is 1. The zero-order valence-electron chi connectivity index (χ0n) is 10.1. The van der Waals surface area contributed by atoms with E-state index in [0.717, 1.165) is 11.1 Å². The maximum atomic E-state index is 11.3. The van der Waals surface area contributed by atoms with Crippen LogP contribution >= 0.6 is 0 Å². The number of ether oxygens (including phenoxy) is 2. The van der Waals surface area contributed by atoms with Crippen molar-refractivity contribution in [1.29, 1.82) is 0 Å². The monoisotopic (exact) mass is 223 g/mol. The van der Waals surface area contributed by atoms with Crippen LogP contribution in [0.5, 0.6) is 5.75 Å². The third kappa shape index (κ3) is 2.89. The van der Waals surface area contributed by atoms with Crippen LogP contribution in [0.4, 0.5) is 10.5 Å². The van der Waals surface area contributed by atoms with Crippen molar-refractivity contribution in [3.05, 3.63) is 23.3 Å². The number of hydrogen-bond donors (Lipinski definition) is 1. The van der Waals surface area contributed by atoms with Crippen molar-refractivity contribution < 1.29 is 14.3 Å². The van der Waals surface area contributed by atoms with Crippen molar-refractivity contribution in [3.8, 4) is 5.75 Å². The Bertz CT molecular complexity index is 388. The molecule has 0 aliphatic carbocycles. The summed E-state index contributed by atoms with van der Waals surface area (Å²) in [5.41, 5.74) is 2.69. The molecule has 88 valence electrons. The molecule has 0 unspecified atom stereocenters. The average molecular weight is 223 g/mol. The average Bonchev–Trinajstić information content (AvgIpc) is 2.22. The van der Waals surface area contributed by atoms with Crippen LogP contribution in [0.2, 0.25) is 0 Å². The van der Waals surface area contributed by atoms with E-state index < -0.39 is 6.09 Å². The van der Waals surface area contributed by atoms with E-state index in [1.807, 2.05) is 26.0 Å². The van der Waals surface area contributed by atoms with Gasteiger partial charge in [0.2, 0.25) is 0 Å². The molecule has 0 aromatic heterocycles. The van der Waals surface area contributed by atoms with Crippen molar-refractivity contribution in [1.82, 2.24) is 0 Å². The molecule has 0 spiro atoms. The van der Waals surface area contributed by atoms with Crippen LogP contribution in [0, 0.1) is 13.8 Å². The molecule has 1 amide bonds. The Kier molecular flexibility index (Phi) is 4.17. The van der Waals surface area contributed by atoms with Crippen LogP contribution in [0.1, 0.15) is 18.1 Å². The molecule has 4 nitrogen and oxygen atoms in total. The molecule has 0 aliphatic rings. The van der Waals surface area contributed by atoms with E-state index in [1.54, 1.807) is 14.0 Å². The van der Waals surface area contributed by atoms with Crippen molar-refractivity contribution >= 4 is 11.8 Å². The molecule has 0 fully saturated rings. The van der Waals surface area contributed by atoms with Gasteiger partial charge in [0.15, 0.2) is 0 Å². The predicted molar refractivity (Wildman–Crippen MR) is 63.1 cm³/mol. The molecule has 1 N–H and O–H groups in total. The molecule has 1 aromatic rings. The highest BCUT2D eigenvalue weighted by molar-refractivity contribution is 5.88. The summed E-state index contributed by atoms with van der Waals surface area (Å²) in [7, 11) is 1.57. The Labute approximate surface area is 95.6 Å². The summed E-state index contributed by atoms with van der Waals surface area (Å²) >= 11 is 0. The van der Waals surface area contributed by atoms with Gasteiger partial charge in [-0.15, -0.1) is 0 Å². The van der Waals surface area contributed by atoms with Crippen molar-refractivity contribution in [2.45, 2.75) is 20.8 Å². The van der Waals surface area contributed by atoms with E-state index in [1.165, 1.54) is 0 Å². The normalized spacial score (nSPS) is 9.75. The summed E-state index contributed by atoms with van der Waals surface area (Å²) in [6, 6.07) is 3.85.